The van der Waals surface area contributed by atoms with Gasteiger partial charge in [0.2, 0.25) is 11.8 Å². The molecule has 1 fully saturated rings. The van der Waals surface area contributed by atoms with Crippen LogP contribution in [0.3, 0.4) is 0 Å². The van der Waals surface area contributed by atoms with E-state index in [9.17, 15) is 4.79 Å². The Labute approximate surface area is 125 Å². The number of carbonyl (C=O) groups excluding carboxylic acids is 1. The number of amides is 1. The molecule has 0 spiro atoms. The molecular formula is C14H25N5O2. The molecule has 0 bridgehead atoms. The monoisotopic (exact) mass is 295 g/mol. The highest BCUT2D eigenvalue weighted by Gasteiger charge is 2.22. The predicted molar refractivity (Wildman–Crippen MR) is 80.2 cm³/mol. The third-order valence-corrected chi connectivity index (χ3v) is 3.76. The fourth-order valence-electron chi connectivity index (χ4n) is 2.53. The summed E-state index contributed by atoms with van der Waals surface area (Å²) in [5, 5.41) is 13.8. The molecule has 0 unspecified atom stereocenters. The van der Waals surface area contributed by atoms with Crippen molar-refractivity contribution in [3.8, 4) is 0 Å². The molecule has 0 aliphatic carbocycles. The first kappa shape index (κ1) is 15.9. The molecule has 1 amide bonds. The van der Waals surface area contributed by atoms with Gasteiger partial charge in [0.25, 0.3) is 0 Å². The molecule has 118 valence electrons. The highest BCUT2D eigenvalue weighted by atomic mass is 16.4. The molecule has 7 heteroatoms. The Morgan fingerprint density at radius 1 is 1.43 bits per heavy atom. The van der Waals surface area contributed by atoms with Crippen molar-refractivity contribution in [1.82, 2.24) is 20.4 Å². The largest absolute Gasteiger partial charge is 0.408 e. The van der Waals surface area contributed by atoms with Gasteiger partial charge in [-0.25, -0.2) is 0 Å². The van der Waals surface area contributed by atoms with Gasteiger partial charge in [0.15, 0.2) is 0 Å². The van der Waals surface area contributed by atoms with Crippen LogP contribution in [-0.2, 0) is 4.79 Å². The molecule has 1 saturated heterocycles. The number of hydrogen-bond donors (Lipinski definition) is 2. The molecule has 0 saturated carbocycles. The highest BCUT2D eigenvalue weighted by molar-refractivity contribution is 5.90. The summed E-state index contributed by atoms with van der Waals surface area (Å²) in [7, 11) is 0. The molecule has 0 atom stereocenters. The number of hydrogen-bond acceptors (Lipinski definition) is 6. The zero-order valence-electron chi connectivity index (χ0n) is 13.1. The Balaban J connectivity index is 1.86. The van der Waals surface area contributed by atoms with Crippen LogP contribution in [0.2, 0.25) is 0 Å². The molecule has 2 heterocycles. The summed E-state index contributed by atoms with van der Waals surface area (Å²) in [5.74, 6) is 0.593. The number of nitrogens with zero attached hydrogens (tertiary/aromatic N) is 3. The number of carbonyl (C=O) groups is 1. The average Bonchev–Trinajstić information content (AvgIpc) is 2.94. The van der Waals surface area contributed by atoms with E-state index in [-0.39, 0.29) is 17.8 Å². The second-order valence-corrected chi connectivity index (χ2v) is 5.69. The van der Waals surface area contributed by atoms with Gasteiger partial charge in [-0.05, 0) is 32.5 Å². The second kappa shape index (κ2) is 7.51. The number of aromatic nitrogens is 2. The Morgan fingerprint density at radius 2 is 2.14 bits per heavy atom. The van der Waals surface area contributed by atoms with Gasteiger partial charge >= 0.3 is 6.01 Å². The van der Waals surface area contributed by atoms with Gasteiger partial charge in [0.1, 0.15) is 0 Å². The summed E-state index contributed by atoms with van der Waals surface area (Å²) in [6.45, 7) is 9.27. The quantitative estimate of drug-likeness (QED) is 0.820. The van der Waals surface area contributed by atoms with Crippen molar-refractivity contribution >= 4 is 11.9 Å². The van der Waals surface area contributed by atoms with Gasteiger partial charge < -0.3 is 9.73 Å². The molecular weight excluding hydrogens is 270 g/mol. The van der Waals surface area contributed by atoms with Gasteiger partial charge in [-0.1, -0.05) is 25.9 Å². The first-order valence-electron chi connectivity index (χ1n) is 7.68. The molecule has 0 radical (unpaired) electrons. The topological polar surface area (TPSA) is 83.3 Å². The van der Waals surface area contributed by atoms with E-state index in [1.165, 1.54) is 0 Å². The van der Waals surface area contributed by atoms with Crippen LogP contribution in [0.4, 0.5) is 6.01 Å². The fraction of sp³-hybridized carbons (Fsp3) is 0.786. The van der Waals surface area contributed by atoms with Crippen molar-refractivity contribution in [1.29, 1.82) is 0 Å². The molecule has 2 N–H and O–H groups in total. The maximum Gasteiger partial charge on any atom is 0.322 e. The van der Waals surface area contributed by atoms with E-state index in [0.717, 1.165) is 32.5 Å². The minimum Gasteiger partial charge on any atom is -0.408 e. The fourth-order valence-corrected chi connectivity index (χ4v) is 2.53. The van der Waals surface area contributed by atoms with E-state index in [4.69, 9.17) is 4.42 Å². The minimum atomic E-state index is -0.102. The molecule has 2 rings (SSSR count). The van der Waals surface area contributed by atoms with Crippen molar-refractivity contribution in [3.63, 3.8) is 0 Å². The summed E-state index contributed by atoms with van der Waals surface area (Å²) in [5.41, 5.74) is 0. The van der Waals surface area contributed by atoms with E-state index < -0.39 is 0 Å². The van der Waals surface area contributed by atoms with Crippen LogP contribution >= 0.6 is 0 Å². The maximum atomic E-state index is 12.1. The van der Waals surface area contributed by atoms with Crippen LogP contribution in [0.1, 0.15) is 45.4 Å². The SMILES string of the molecule is CCN(CC(=O)Nc1nnc(C(C)C)o1)C1CCNCC1. The van der Waals surface area contributed by atoms with E-state index in [1.54, 1.807) is 0 Å². The van der Waals surface area contributed by atoms with Crippen molar-refractivity contribution in [2.45, 2.75) is 45.6 Å². The van der Waals surface area contributed by atoms with Crippen molar-refractivity contribution in [3.05, 3.63) is 5.89 Å². The van der Waals surface area contributed by atoms with E-state index in [1.807, 2.05) is 13.8 Å². The Hall–Kier alpha value is -1.47. The van der Waals surface area contributed by atoms with Crippen LogP contribution < -0.4 is 10.6 Å². The summed E-state index contributed by atoms with van der Waals surface area (Å²) in [6.07, 6.45) is 2.17. The number of anilines is 1. The Morgan fingerprint density at radius 3 is 2.71 bits per heavy atom. The second-order valence-electron chi connectivity index (χ2n) is 5.69. The first-order chi connectivity index (χ1) is 10.1. The summed E-state index contributed by atoms with van der Waals surface area (Å²) >= 11 is 0. The lowest BCUT2D eigenvalue weighted by atomic mass is 10.0. The third kappa shape index (κ3) is 4.50. The number of likely N-dealkylation sites (N-methyl/N-ethyl adjacent to an activating group) is 1. The van der Waals surface area contributed by atoms with Crippen LogP contribution in [0.15, 0.2) is 4.42 Å². The van der Waals surface area contributed by atoms with Gasteiger partial charge in [-0.3, -0.25) is 15.0 Å². The summed E-state index contributed by atoms with van der Waals surface area (Å²) < 4.78 is 5.39. The maximum absolute atomic E-state index is 12.1. The van der Waals surface area contributed by atoms with E-state index in [0.29, 0.717) is 18.5 Å². The molecule has 1 aliphatic heterocycles. The predicted octanol–water partition coefficient (Wildman–Crippen LogP) is 1.21. The zero-order valence-corrected chi connectivity index (χ0v) is 13.1. The van der Waals surface area contributed by atoms with Crippen molar-refractivity contribution in [2.75, 3.05) is 31.5 Å². The van der Waals surface area contributed by atoms with Gasteiger partial charge in [0, 0.05) is 12.0 Å². The summed E-state index contributed by atoms with van der Waals surface area (Å²) in [4.78, 5) is 14.3. The molecule has 1 aromatic heterocycles. The average molecular weight is 295 g/mol. The van der Waals surface area contributed by atoms with E-state index in [2.05, 4.69) is 32.7 Å². The van der Waals surface area contributed by atoms with Crippen LogP contribution in [0.5, 0.6) is 0 Å². The number of rotatable bonds is 6. The molecule has 0 aromatic carbocycles. The normalized spacial score (nSPS) is 16.6. The Bertz CT molecular complexity index is 454. The zero-order chi connectivity index (χ0) is 15.2. The van der Waals surface area contributed by atoms with Gasteiger partial charge in [-0.2, -0.15) is 0 Å². The highest BCUT2D eigenvalue weighted by Crippen LogP contribution is 2.15. The Kier molecular flexibility index (Phi) is 5.69. The number of nitrogens with one attached hydrogen (secondary N) is 2. The molecule has 7 nitrogen and oxygen atoms in total. The molecule has 1 aromatic rings. The van der Waals surface area contributed by atoms with Gasteiger partial charge in [0.05, 0.1) is 6.54 Å². The van der Waals surface area contributed by atoms with Crippen LogP contribution in [0, 0.1) is 0 Å². The van der Waals surface area contributed by atoms with Crippen LogP contribution in [0.25, 0.3) is 0 Å². The first-order valence-corrected chi connectivity index (χ1v) is 7.68. The lowest BCUT2D eigenvalue weighted by molar-refractivity contribution is -0.118. The summed E-state index contributed by atoms with van der Waals surface area (Å²) in [6, 6.07) is 0.654. The lowest BCUT2D eigenvalue weighted by Crippen LogP contribution is -2.46. The number of piperidine rings is 1. The lowest BCUT2D eigenvalue weighted by Gasteiger charge is -2.33. The minimum absolute atomic E-state index is 0.102. The molecule has 1 aliphatic rings. The smallest absolute Gasteiger partial charge is 0.322 e. The van der Waals surface area contributed by atoms with Gasteiger partial charge in [-0.15, -0.1) is 5.10 Å². The molecule has 21 heavy (non-hydrogen) atoms. The third-order valence-electron chi connectivity index (χ3n) is 3.76. The van der Waals surface area contributed by atoms with Crippen molar-refractivity contribution < 1.29 is 9.21 Å². The van der Waals surface area contributed by atoms with Crippen LogP contribution in [-0.4, -0.2) is 53.2 Å². The standard InChI is InChI=1S/C14H25N5O2/c1-4-19(11-5-7-15-8-6-11)9-12(20)16-14-18-17-13(21-14)10(2)3/h10-11,15H,4-9H2,1-3H3,(H,16,18,20). The van der Waals surface area contributed by atoms with Crippen molar-refractivity contribution in [2.24, 2.45) is 0 Å². The van der Waals surface area contributed by atoms with E-state index >= 15 is 0 Å².